The van der Waals surface area contributed by atoms with Crippen molar-refractivity contribution in [1.82, 2.24) is 9.21 Å². The molecule has 7 heteroatoms. The zero-order chi connectivity index (χ0) is 13.1. The van der Waals surface area contributed by atoms with Gasteiger partial charge in [0.2, 0.25) is 10.0 Å². The van der Waals surface area contributed by atoms with Crippen molar-refractivity contribution < 1.29 is 13.5 Å². The zero-order valence-electron chi connectivity index (χ0n) is 10.3. The third kappa shape index (κ3) is 4.37. The van der Waals surface area contributed by atoms with Gasteiger partial charge in [-0.3, -0.25) is 0 Å². The molecule has 1 heterocycles. The summed E-state index contributed by atoms with van der Waals surface area (Å²) in [6.45, 7) is 0.848. The molecule has 0 radical (unpaired) electrons. The molecule has 1 rings (SSSR count). The number of alkyl halides is 1. The first kappa shape index (κ1) is 15.2. The number of nitrogens with zero attached hydrogens (tertiary/aromatic N) is 2. The maximum absolute atomic E-state index is 12.1. The Morgan fingerprint density at radius 1 is 1.47 bits per heavy atom. The second-order valence-corrected chi connectivity index (χ2v) is 7.15. The van der Waals surface area contributed by atoms with Gasteiger partial charge in [-0.2, -0.15) is 4.31 Å². The molecule has 2 atom stereocenters. The molecule has 0 spiro atoms. The fraction of sp³-hybridized carbons (Fsp3) is 1.00. The highest BCUT2D eigenvalue weighted by atomic mass is 35.5. The molecule has 0 aromatic carbocycles. The highest BCUT2D eigenvalue weighted by Crippen LogP contribution is 2.22. The minimum Gasteiger partial charge on any atom is -0.392 e. The van der Waals surface area contributed by atoms with Gasteiger partial charge in [-0.25, -0.2) is 8.42 Å². The van der Waals surface area contributed by atoms with Gasteiger partial charge in [-0.05, 0) is 26.9 Å². The van der Waals surface area contributed by atoms with Crippen LogP contribution in [0.5, 0.6) is 0 Å². The average molecular weight is 285 g/mol. The molecule has 1 saturated heterocycles. The third-order valence-corrected chi connectivity index (χ3v) is 5.04. The lowest BCUT2D eigenvalue weighted by atomic mass is 10.2. The van der Waals surface area contributed by atoms with Gasteiger partial charge in [-0.1, -0.05) is 0 Å². The van der Waals surface area contributed by atoms with Crippen molar-refractivity contribution in [2.45, 2.75) is 25.0 Å². The van der Waals surface area contributed by atoms with Gasteiger partial charge in [0.15, 0.2) is 0 Å². The number of aliphatic hydroxyl groups excluding tert-OH is 1. The Labute approximate surface area is 108 Å². The van der Waals surface area contributed by atoms with E-state index in [9.17, 15) is 13.5 Å². The van der Waals surface area contributed by atoms with Crippen molar-refractivity contribution in [2.24, 2.45) is 0 Å². The van der Waals surface area contributed by atoms with E-state index in [2.05, 4.69) is 0 Å². The number of aliphatic hydroxyl groups is 1. The molecule has 1 N–H and O–H groups in total. The Balaban J connectivity index is 2.72. The normalized spacial score (nSPS) is 26.9. The molecule has 1 aliphatic heterocycles. The number of likely N-dealkylation sites (N-methyl/N-ethyl adjacent to an activating group) is 1. The third-order valence-electron chi connectivity index (χ3n) is 2.81. The lowest BCUT2D eigenvalue weighted by Gasteiger charge is -2.26. The summed E-state index contributed by atoms with van der Waals surface area (Å²) in [6.07, 6.45) is 0.412. The molecule has 0 bridgehead atoms. The second kappa shape index (κ2) is 6.33. The molecule has 5 nitrogen and oxygen atoms in total. The van der Waals surface area contributed by atoms with Crippen LogP contribution >= 0.6 is 11.6 Å². The molecule has 2 unspecified atom stereocenters. The lowest BCUT2D eigenvalue weighted by Crippen LogP contribution is -2.42. The van der Waals surface area contributed by atoms with Crippen molar-refractivity contribution in [3.63, 3.8) is 0 Å². The maximum atomic E-state index is 12.1. The molecule has 0 aliphatic carbocycles. The molecule has 0 amide bonds. The van der Waals surface area contributed by atoms with Gasteiger partial charge < -0.3 is 10.0 Å². The van der Waals surface area contributed by atoms with Crippen LogP contribution in [0.2, 0.25) is 0 Å². The zero-order valence-corrected chi connectivity index (χ0v) is 11.9. The van der Waals surface area contributed by atoms with E-state index in [4.69, 9.17) is 11.6 Å². The fourth-order valence-electron chi connectivity index (χ4n) is 2.14. The molecule has 0 aromatic rings. The van der Waals surface area contributed by atoms with Crippen molar-refractivity contribution in [1.29, 1.82) is 0 Å². The minimum atomic E-state index is -3.29. The number of hydrogen-bond donors (Lipinski definition) is 1. The summed E-state index contributed by atoms with van der Waals surface area (Å²) in [7, 11) is 0.507. The number of β-amino-alcohol motifs (C(OH)–C–C–N with tert-alkyl or cyclic N) is 1. The van der Waals surface area contributed by atoms with Gasteiger partial charge >= 0.3 is 0 Å². The van der Waals surface area contributed by atoms with E-state index in [1.165, 1.54) is 4.31 Å². The van der Waals surface area contributed by atoms with Crippen LogP contribution < -0.4 is 0 Å². The molecule has 1 fully saturated rings. The quantitative estimate of drug-likeness (QED) is 0.695. The first-order valence-electron chi connectivity index (χ1n) is 5.75. The van der Waals surface area contributed by atoms with Crippen LogP contribution in [0.25, 0.3) is 0 Å². The Morgan fingerprint density at radius 2 is 2.12 bits per heavy atom. The van der Waals surface area contributed by atoms with E-state index in [-0.39, 0.29) is 18.3 Å². The fourth-order valence-corrected chi connectivity index (χ4v) is 4.19. The van der Waals surface area contributed by atoms with E-state index in [0.29, 0.717) is 25.3 Å². The van der Waals surface area contributed by atoms with Gasteiger partial charge in [0, 0.05) is 25.0 Å². The summed E-state index contributed by atoms with van der Waals surface area (Å²) in [5, 5.41) is 9.62. The Morgan fingerprint density at radius 3 is 2.65 bits per heavy atom. The van der Waals surface area contributed by atoms with Crippen LogP contribution in [-0.4, -0.2) is 73.7 Å². The van der Waals surface area contributed by atoms with Gasteiger partial charge in [0.1, 0.15) is 0 Å². The smallest absolute Gasteiger partial charge is 0.214 e. The Kier molecular flexibility index (Phi) is 5.66. The maximum Gasteiger partial charge on any atom is 0.214 e. The van der Waals surface area contributed by atoms with Gasteiger partial charge in [0.05, 0.1) is 11.9 Å². The Bertz CT molecular complexity index is 334. The van der Waals surface area contributed by atoms with Crippen LogP contribution in [0.4, 0.5) is 0 Å². The van der Waals surface area contributed by atoms with Crippen molar-refractivity contribution >= 4 is 21.6 Å². The standard InChI is InChI=1S/C10H21ClN2O3S/c1-12(2)7-9-6-10(14)8-13(9)17(15,16)5-3-4-11/h9-10,14H,3-8H2,1-2H3. The number of halogens is 1. The van der Waals surface area contributed by atoms with Crippen molar-refractivity contribution in [2.75, 3.05) is 38.8 Å². The monoisotopic (exact) mass is 284 g/mol. The summed E-state index contributed by atoms with van der Waals surface area (Å²) >= 11 is 5.52. The summed E-state index contributed by atoms with van der Waals surface area (Å²) in [5.74, 6) is 0.404. The molecule has 0 aromatic heterocycles. The largest absolute Gasteiger partial charge is 0.392 e. The molecule has 17 heavy (non-hydrogen) atoms. The second-order valence-electron chi connectivity index (χ2n) is 4.73. The summed E-state index contributed by atoms with van der Waals surface area (Å²) in [6, 6.07) is -0.125. The average Bonchev–Trinajstić information content (AvgIpc) is 2.56. The summed E-state index contributed by atoms with van der Waals surface area (Å²) in [4.78, 5) is 1.94. The van der Waals surface area contributed by atoms with Gasteiger partial charge in [-0.15, -0.1) is 11.6 Å². The SMILES string of the molecule is CN(C)CC1CC(O)CN1S(=O)(=O)CCCCl. The molecule has 1 aliphatic rings. The summed E-state index contributed by atoms with van der Waals surface area (Å²) < 4.78 is 25.6. The highest BCUT2D eigenvalue weighted by molar-refractivity contribution is 7.89. The highest BCUT2D eigenvalue weighted by Gasteiger charge is 2.38. The number of sulfonamides is 1. The van der Waals surface area contributed by atoms with Crippen molar-refractivity contribution in [3.8, 4) is 0 Å². The van der Waals surface area contributed by atoms with Gasteiger partial charge in [0.25, 0.3) is 0 Å². The predicted molar refractivity (Wildman–Crippen MR) is 68.8 cm³/mol. The summed E-state index contributed by atoms with van der Waals surface area (Å²) in [5.41, 5.74) is 0. The van der Waals surface area contributed by atoms with E-state index < -0.39 is 16.1 Å². The first-order valence-corrected chi connectivity index (χ1v) is 7.89. The molecule has 0 saturated carbocycles. The lowest BCUT2D eigenvalue weighted by molar-refractivity contribution is 0.188. The van der Waals surface area contributed by atoms with E-state index in [1.54, 1.807) is 0 Å². The number of hydrogen-bond acceptors (Lipinski definition) is 4. The van der Waals surface area contributed by atoms with E-state index in [1.807, 2.05) is 19.0 Å². The molecule has 102 valence electrons. The van der Waals surface area contributed by atoms with Crippen molar-refractivity contribution in [3.05, 3.63) is 0 Å². The van der Waals surface area contributed by atoms with Crippen LogP contribution in [0.1, 0.15) is 12.8 Å². The first-order chi connectivity index (χ1) is 7.86. The van der Waals surface area contributed by atoms with Crippen LogP contribution in [-0.2, 0) is 10.0 Å². The van der Waals surface area contributed by atoms with E-state index >= 15 is 0 Å². The van der Waals surface area contributed by atoms with Crippen LogP contribution in [0.3, 0.4) is 0 Å². The molecular formula is C10H21ClN2O3S. The van der Waals surface area contributed by atoms with Crippen LogP contribution in [0, 0.1) is 0 Å². The minimum absolute atomic E-state index is 0.0626. The van der Waals surface area contributed by atoms with E-state index in [0.717, 1.165) is 0 Å². The number of rotatable bonds is 6. The predicted octanol–water partition coefficient (Wildman–Crippen LogP) is -0.0581. The molecular weight excluding hydrogens is 264 g/mol. The van der Waals surface area contributed by atoms with Crippen LogP contribution in [0.15, 0.2) is 0 Å². The Hall–Kier alpha value is 0.120. The topological polar surface area (TPSA) is 60.9 Å².